The Labute approximate surface area is 90.4 Å². The summed E-state index contributed by atoms with van der Waals surface area (Å²) in [6.45, 7) is 0.395. The van der Waals surface area contributed by atoms with E-state index in [4.69, 9.17) is 9.84 Å². The Morgan fingerprint density at radius 2 is 2.07 bits per heavy atom. The van der Waals surface area contributed by atoms with Crippen molar-refractivity contribution in [3.63, 3.8) is 0 Å². The fraction of sp³-hybridized carbons (Fsp3) is 0.333. The maximum Gasteiger partial charge on any atom is 0.119 e. The molecule has 0 fully saturated rings. The van der Waals surface area contributed by atoms with Crippen molar-refractivity contribution in [2.45, 2.75) is 6.42 Å². The molecule has 0 aliphatic carbocycles. The van der Waals surface area contributed by atoms with Crippen molar-refractivity contribution in [3.8, 4) is 5.75 Å². The van der Waals surface area contributed by atoms with Crippen LogP contribution >= 0.6 is 0 Å². The normalized spacial score (nSPS) is 10.5. The van der Waals surface area contributed by atoms with Gasteiger partial charge in [-0.25, -0.2) is 0 Å². The van der Waals surface area contributed by atoms with E-state index in [9.17, 15) is 0 Å². The van der Waals surface area contributed by atoms with Crippen LogP contribution in [-0.4, -0.2) is 25.4 Å². The summed E-state index contributed by atoms with van der Waals surface area (Å²) < 4.78 is 5.26. The first kappa shape index (κ1) is 11.6. The summed E-state index contributed by atoms with van der Waals surface area (Å²) in [7, 11) is 1.88. The average Bonchev–Trinajstić information content (AvgIpc) is 2.28. The molecule has 15 heavy (non-hydrogen) atoms. The molecule has 0 saturated carbocycles. The van der Waals surface area contributed by atoms with E-state index in [1.54, 1.807) is 0 Å². The smallest absolute Gasteiger partial charge is 0.119 e. The monoisotopic (exact) mass is 207 g/mol. The lowest BCUT2D eigenvalue weighted by Crippen LogP contribution is -2.01. The molecule has 3 heteroatoms. The van der Waals surface area contributed by atoms with Gasteiger partial charge in [0.15, 0.2) is 0 Å². The number of allylic oxidation sites excluding steroid dienone is 1. The highest BCUT2D eigenvalue weighted by atomic mass is 16.5. The van der Waals surface area contributed by atoms with Crippen LogP contribution in [0, 0.1) is 0 Å². The van der Waals surface area contributed by atoms with Gasteiger partial charge in [0, 0.05) is 7.05 Å². The van der Waals surface area contributed by atoms with Crippen LogP contribution in [0.15, 0.2) is 36.5 Å². The Bertz CT molecular complexity index is 293. The van der Waals surface area contributed by atoms with Crippen molar-refractivity contribution in [1.82, 2.24) is 5.32 Å². The van der Waals surface area contributed by atoms with Crippen molar-refractivity contribution >= 4 is 0 Å². The predicted molar refractivity (Wildman–Crippen MR) is 60.9 cm³/mol. The van der Waals surface area contributed by atoms with E-state index in [2.05, 4.69) is 11.4 Å². The molecule has 0 aliphatic heterocycles. The molecule has 0 radical (unpaired) electrons. The van der Waals surface area contributed by atoms with Gasteiger partial charge >= 0.3 is 0 Å². The standard InChI is InChI=1S/C12H17NO2/c1-13-8-2-3-11-4-6-12(7-5-11)15-10-9-14/h2,4-8,13-14H,3,9-10H2,1H3/b8-2-. The third-order valence-corrected chi connectivity index (χ3v) is 1.92. The zero-order chi connectivity index (χ0) is 10.9. The van der Waals surface area contributed by atoms with Crippen LogP contribution in [0.25, 0.3) is 0 Å². The van der Waals surface area contributed by atoms with Gasteiger partial charge in [-0.1, -0.05) is 18.2 Å². The van der Waals surface area contributed by atoms with Crippen LogP contribution < -0.4 is 10.1 Å². The maximum absolute atomic E-state index is 8.58. The molecule has 0 bridgehead atoms. The molecule has 0 aliphatic rings. The molecule has 0 atom stereocenters. The van der Waals surface area contributed by atoms with Crippen LogP contribution in [0.4, 0.5) is 0 Å². The molecule has 1 aromatic carbocycles. The largest absolute Gasteiger partial charge is 0.491 e. The third-order valence-electron chi connectivity index (χ3n) is 1.92. The van der Waals surface area contributed by atoms with Gasteiger partial charge in [0.2, 0.25) is 0 Å². The number of benzene rings is 1. The van der Waals surface area contributed by atoms with Gasteiger partial charge in [-0.2, -0.15) is 0 Å². The Balaban J connectivity index is 2.45. The molecule has 1 rings (SSSR count). The summed E-state index contributed by atoms with van der Waals surface area (Å²) in [6, 6.07) is 7.87. The van der Waals surface area contributed by atoms with Crippen LogP contribution in [-0.2, 0) is 6.42 Å². The van der Waals surface area contributed by atoms with Crippen molar-refractivity contribution in [2.75, 3.05) is 20.3 Å². The summed E-state index contributed by atoms with van der Waals surface area (Å²) in [5.74, 6) is 0.797. The highest BCUT2D eigenvalue weighted by molar-refractivity contribution is 5.28. The Kier molecular flexibility index (Phi) is 5.33. The zero-order valence-corrected chi connectivity index (χ0v) is 8.94. The summed E-state index contributed by atoms with van der Waals surface area (Å²) in [4.78, 5) is 0. The summed E-state index contributed by atoms with van der Waals surface area (Å²) in [5, 5.41) is 11.5. The minimum absolute atomic E-state index is 0.0483. The molecule has 0 amide bonds. The Morgan fingerprint density at radius 1 is 1.33 bits per heavy atom. The van der Waals surface area contributed by atoms with Gasteiger partial charge in [0.05, 0.1) is 6.61 Å². The minimum atomic E-state index is 0.0483. The van der Waals surface area contributed by atoms with Crippen molar-refractivity contribution in [2.24, 2.45) is 0 Å². The van der Waals surface area contributed by atoms with Gasteiger partial charge in [-0.15, -0.1) is 0 Å². The summed E-state index contributed by atoms with van der Waals surface area (Å²) in [6.07, 6.45) is 4.88. The molecule has 82 valence electrons. The van der Waals surface area contributed by atoms with Gasteiger partial charge in [0.1, 0.15) is 12.4 Å². The molecular weight excluding hydrogens is 190 g/mol. The number of aliphatic hydroxyl groups is 1. The highest BCUT2D eigenvalue weighted by Gasteiger charge is 1.93. The highest BCUT2D eigenvalue weighted by Crippen LogP contribution is 2.12. The molecule has 0 saturated heterocycles. The number of nitrogens with one attached hydrogen (secondary N) is 1. The summed E-state index contributed by atoms with van der Waals surface area (Å²) >= 11 is 0. The molecule has 1 aromatic rings. The lowest BCUT2D eigenvalue weighted by atomic mass is 10.1. The second-order valence-electron chi connectivity index (χ2n) is 3.11. The number of hydrogen-bond acceptors (Lipinski definition) is 3. The average molecular weight is 207 g/mol. The lowest BCUT2D eigenvalue weighted by Gasteiger charge is -2.04. The van der Waals surface area contributed by atoms with E-state index >= 15 is 0 Å². The molecule has 3 nitrogen and oxygen atoms in total. The second-order valence-corrected chi connectivity index (χ2v) is 3.11. The quantitative estimate of drug-likeness (QED) is 0.739. The van der Waals surface area contributed by atoms with E-state index in [1.807, 2.05) is 37.5 Å². The molecule has 0 spiro atoms. The number of ether oxygens (including phenoxy) is 1. The zero-order valence-electron chi connectivity index (χ0n) is 8.94. The number of rotatable bonds is 6. The van der Waals surface area contributed by atoms with Crippen LogP contribution in [0.3, 0.4) is 0 Å². The second kappa shape index (κ2) is 6.90. The van der Waals surface area contributed by atoms with Crippen LogP contribution in [0.2, 0.25) is 0 Å². The van der Waals surface area contributed by atoms with E-state index in [1.165, 1.54) is 5.56 Å². The third kappa shape index (κ3) is 4.51. The van der Waals surface area contributed by atoms with Gasteiger partial charge in [-0.3, -0.25) is 0 Å². The SMILES string of the molecule is CN/C=C\Cc1ccc(OCCO)cc1. The molecule has 0 heterocycles. The molecule has 0 aromatic heterocycles. The first-order chi connectivity index (χ1) is 7.36. The van der Waals surface area contributed by atoms with E-state index in [0.29, 0.717) is 6.61 Å². The maximum atomic E-state index is 8.58. The van der Waals surface area contributed by atoms with Crippen molar-refractivity contribution in [3.05, 3.63) is 42.1 Å². The fourth-order valence-electron chi connectivity index (χ4n) is 1.20. The number of aliphatic hydroxyl groups excluding tert-OH is 1. The van der Waals surface area contributed by atoms with Gasteiger partial charge < -0.3 is 15.2 Å². The molecule has 0 unspecified atom stereocenters. The summed E-state index contributed by atoms with van der Waals surface area (Å²) in [5.41, 5.74) is 1.23. The van der Waals surface area contributed by atoms with Gasteiger partial charge in [-0.05, 0) is 30.3 Å². The van der Waals surface area contributed by atoms with E-state index in [0.717, 1.165) is 12.2 Å². The molecule has 2 N–H and O–H groups in total. The minimum Gasteiger partial charge on any atom is -0.491 e. The fourth-order valence-corrected chi connectivity index (χ4v) is 1.20. The first-order valence-electron chi connectivity index (χ1n) is 5.01. The molecular formula is C12H17NO2. The van der Waals surface area contributed by atoms with Crippen molar-refractivity contribution < 1.29 is 9.84 Å². The van der Waals surface area contributed by atoms with Crippen LogP contribution in [0.1, 0.15) is 5.56 Å². The van der Waals surface area contributed by atoms with E-state index < -0.39 is 0 Å². The first-order valence-corrected chi connectivity index (χ1v) is 5.01. The Morgan fingerprint density at radius 3 is 2.67 bits per heavy atom. The van der Waals surface area contributed by atoms with Crippen molar-refractivity contribution in [1.29, 1.82) is 0 Å². The Hall–Kier alpha value is -1.48. The number of hydrogen-bond donors (Lipinski definition) is 2. The van der Waals surface area contributed by atoms with Crippen LogP contribution in [0.5, 0.6) is 5.75 Å². The lowest BCUT2D eigenvalue weighted by molar-refractivity contribution is 0.201. The van der Waals surface area contributed by atoms with E-state index in [-0.39, 0.29) is 6.61 Å². The topological polar surface area (TPSA) is 41.5 Å². The van der Waals surface area contributed by atoms with Gasteiger partial charge in [0.25, 0.3) is 0 Å². The predicted octanol–water partition coefficient (Wildman–Crippen LogP) is 1.33.